The van der Waals surface area contributed by atoms with E-state index in [2.05, 4.69) is 9.88 Å². The maximum Gasteiger partial charge on any atom is 0.133 e. The largest absolute Gasteiger partial charge is 0.388 e. The third-order valence-corrected chi connectivity index (χ3v) is 3.06. The summed E-state index contributed by atoms with van der Waals surface area (Å²) in [6, 6.07) is 3.87. The number of nitrogens with zero attached hydrogens (tertiary/aromatic N) is 2. The molecule has 1 aliphatic rings. The van der Waals surface area contributed by atoms with E-state index in [1.807, 2.05) is 26.0 Å². The third kappa shape index (κ3) is 2.18. The van der Waals surface area contributed by atoms with E-state index in [0.29, 0.717) is 6.54 Å². The van der Waals surface area contributed by atoms with Crippen LogP contribution in [0.5, 0.6) is 0 Å². The van der Waals surface area contributed by atoms with E-state index in [1.54, 1.807) is 6.20 Å². The lowest BCUT2D eigenvalue weighted by Gasteiger charge is -2.23. The molecular formula is C12H19N3O. The summed E-state index contributed by atoms with van der Waals surface area (Å²) in [6.07, 6.45) is 2.55. The molecule has 1 aromatic rings. The standard InChI is InChI=1S/C12H19N3O/c1-9(13)10-4-3-6-14-11(10)15-7-5-12(2,16)8-15/h3-4,6,9,16H,5,7-8,13H2,1-2H3/t9-,12?/m0/s1. The predicted molar refractivity (Wildman–Crippen MR) is 64.3 cm³/mol. The fraction of sp³-hybridized carbons (Fsp3) is 0.583. The zero-order valence-electron chi connectivity index (χ0n) is 9.85. The molecule has 0 saturated carbocycles. The molecule has 0 aliphatic carbocycles. The van der Waals surface area contributed by atoms with Crippen LogP contribution in [0.3, 0.4) is 0 Å². The van der Waals surface area contributed by atoms with Crippen LogP contribution in [0.1, 0.15) is 31.9 Å². The Labute approximate surface area is 96.1 Å². The first kappa shape index (κ1) is 11.4. The molecule has 2 atom stereocenters. The zero-order valence-corrected chi connectivity index (χ0v) is 9.85. The minimum atomic E-state index is -0.605. The highest BCUT2D eigenvalue weighted by Gasteiger charge is 2.33. The minimum absolute atomic E-state index is 0.0331. The van der Waals surface area contributed by atoms with Gasteiger partial charge in [0.2, 0.25) is 0 Å². The van der Waals surface area contributed by atoms with E-state index in [4.69, 9.17) is 5.73 Å². The highest BCUT2D eigenvalue weighted by Crippen LogP contribution is 2.29. The van der Waals surface area contributed by atoms with E-state index in [9.17, 15) is 5.11 Å². The molecule has 1 saturated heterocycles. The van der Waals surface area contributed by atoms with Crippen LogP contribution in [0.2, 0.25) is 0 Å². The molecule has 3 N–H and O–H groups in total. The van der Waals surface area contributed by atoms with Gasteiger partial charge >= 0.3 is 0 Å². The van der Waals surface area contributed by atoms with Crippen molar-refractivity contribution in [3.8, 4) is 0 Å². The first-order valence-corrected chi connectivity index (χ1v) is 5.67. The summed E-state index contributed by atoms with van der Waals surface area (Å²) >= 11 is 0. The molecule has 88 valence electrons. The van der Waals surface area contributed by atoms with Gasteiger partial charge in [-0.15, -0.1) is 0 Å². The van der Waals surface area contributed by atoms with Gasteiger partial charge in [0.15, 0.2) is 0 Å². The van der Waals surface area contributed by atoms with Crippen LogP contribution >= 0.6 is 0 Å². The van der Waals surface area contributed by atoms with Gasteiger partial charge in [-0.2, -0.15) is 0 Å². The van der Waals surface area contributed by atoms with E-state index in [0.717, 1.165) is 24.3 Å². The number of nitrogens with two attached hydrogens (primary N) is 1. The average Bonchev–Trinajstić information content (AvgIpc) is 2.59. The Kier molecular flexibility index (Phi) is 2.86. The number of β-amino-alcohol motifs (C(OH)–C–C–N with tert-alkyl or cyclic N) is 1. The molecule has 2 heterocycles. The van der Waals surface area contributed by atoms with Crippen molar-refractivity contribution < 1.29 is 5.11 Å². The Bertz CT molecular complexity index is 376. The van der Waals surface area contributed by atoms with Crippen molar-refractivity contribution in [1.82, 2.24) is 4.98 Å². The number of aliphatic hydroxyl groups is 1. The second-order valence-electron chi connectivity index (χ2n) is 4.87. The van der Waals surface area contributed by atoms with Crippen LogP contribution in [-0.2, 0) is 0 Å². The number of aromatic nitrogens is 1. The van der Waals surface area contributed by atoms with Gasteiger partial charge < -0.3 is 15.7 Å². The number of hydrogen-bond donors (Lipinski definition) is 2. The van der Waals surface area contributed by atoms with E-state index < -0.39 is 5.60 Å². The monoisotopic (exact) mass is 221 g/mol. The van der Waals surface area contributed by atoms with Gasteiger partial charge in [-0.3, -0.25) is 0 Å². The predicted octanol–water partition coefficient (Wildman–Crippen LogP) is 1.06. The van der Waals surface area contributed by atoms with Crippen molar-refractivity contribution in [2.75, 3.05) is 18.0 Å². The van der Waals surface area contributed by atoms with Crippen molar-refractivity contribution in [3.05, 3.63) is 23.9 Å². The van der Waals surface area contributed by atoms with Crippen LogP contribution in [0, 0.1) is 0 Å². The number of pyridine rings is 1. The summed E-state index contributed by atoms with van der Waals surface area (Å²) < 4.78 is 0. The molecule has 2 rings (SSSR count). The van der Waals surface area contributed by atoms with E-state index >= 15 is 0 Å². The van der Waals surface area contributed by atoms with Gasteiger partial charge in [0.05, 0.1) is 5.60 Å². The van der Waals surface area contributed by atoms with E-state index in [-0.39, 0.29) is 6.04 Å². The molecule has 1 aliphatic heterocycles. The van der Waals surface area contributed by atoms with E-state index in [1.165, 1.54) is 0 Å². The minimum Gasteiger partial charge on any atom is -0.388 e. The Morgan fingerprint density at radius 2 is 2.38 bits per heavy atom. The Morgan fingerprint density at radius 1 is 1.62 bits per heavy atom. The van der Waals surface area contributed by atoms with Crippen LogP contribution < -0.4 is 10.6 Å². The first-order valence-electron chi connectivity index (χ1n) is 5.67. The Hall–Kier alpha value is -1.13. The topological polar surface area (TPSA) is 62.4 Å². The van der Waals surface area contributed by atoms with Gasteiger partial charge in [0, 0.05) is 30.9 Å². The maximum absolute atomic E-state index is 9.95. The van der Waals surface area contributed by atoms with Crippen LogP contribution in [-0.4, -0.2) is 28.8 Å². The van der Waals surface area contributed by atoms with Crippen LogP contribution in [0.4, 0.5) is 5.82 Å². The molecule has 1 unspecified atom stereocenters. The average molecular weight is 221 g/mol. The summed E-state index contributed by atoms with van der Waals surface area (Å²) in [7, 11) is 0. The second-order valence-corrected chi connectivity index (χ2v) is 4.87. The Morgan fingerprint density at radius 3 is 2.94 bits per heavy atom. The van der Waals surface area contributed by atoms with Crippen molar-refractivity contribution in [3.63, 3.8) is 0 Å². The molecule has 4 nitrogen and oxygen atoms in total. The summed E-state index contributed by atoms with van der Waals surface area (Å²) in [5.41, 5.74) is 6.36. The zero-order chi connectivity index (χ0) is 11.8. The Balaban J connectivity index is 2.28. The lowest BCUT2D eigenvalue weighted by atomic mass is 10.1. The molecule has 0 spiro atoms. The maximum atomic E-state index is 9.95. The number of hydrogen-bond acceptors (Lipinski definition) is 4. The molecule has 0 aromatic carbocycles. The van der Waals surface area contributed by atoms with Crippen molar-refractivity contribution in [2.45, 2.75) is 31.9 Å². The fourth-order valence-corrected chi connectivity index (χ4v) is 2.15. The lowest BCUT2D eigenvalue weighted by Crippen LogP contribution is -2.31. The fourth-order valence-electron chi connectivity index (χ4n) is 2.15. The molecule has 0 amide bonds. The first-order chi connectivity index (χ1) is 7.49. The SMILES string of the molecule is C[C@H](N)c1cccnc1N1CCC(C)(O)C1. The van der Waals surface area contributed by atoms with Gasteiger partial charge in [0.1, 0.15) is 5.82 Å². The second kappa shape index (κ2) is 4.03. The lowest BCUT2D eigenvalue weighted by molar-refractivity contribution is 0.0839. The van der Waals surface area contributed by atoms with Crippen molar-refractivity contribution in [1.29, 1.82) is 0 Å². The van der Waals surface area contributed by atoms with Gasteiger partial charge in [0.25, 0.3) is 0 Å². The van der Waals surface area contributed by atoms with Crippen molar-refractivity contribution in [2.24, 2.45) is 5.73 Å². The summed E-state index contributed by atoms with van der Waals surface area (Å²) in [4.78, 5) is 6.49. The molecule has 1 fully saturated rings. The van der Waals surface area contributed by atoms with Gasteiger partial charge in [-0.25, -0.2) is 4.98 Å². The normalized spacial score (nSPS) is 27.1. The number of anilines is 1. The van der Waals surface area contributed by atoms with Crippen LogP contribution in [0.25, 0.3) is 0 Å². The van der Waals surface area contributed by atoms with Crippen LogP contribution in [0.15, 0.2) is 18.3 Å². The molecule has 16 heavy (non-hydrogen) atoms. The molecule has 0 bridgehead atoms. The molecule has 4 heteroatoms. The smallest absolute Gasteiger partial charge is 0.133 e. The third-order valence-electron chi connectivity index (χ3n) is 3.06. The highest BCUT2D eigenvalue weighted by molar-refractivity contribution is 5.49. The summed E-state index contributed by atoms with van der Waals surface area (Å²) in [6.45, 7) is 5.28. The highest BCUT2D eigenvalue weighted by atomic mass is 16.3. The molecular weight excluding hydrogens is 202 g/mol. The van der Waals surface area contributed by atoms with Gasteiger partial charge in [-0.05, 0) is 26.3 Å². The number of rotatable bonds is 2. The van der Waals surface area contributed by atoms with Gasteiger partial charge in [-0.1, -0.05) is 6.07 Å². The molecule has 1 aromatic heterocycles. The van der Waals surface area contributed by atoms with Crippen molar-refractivity contribution >= 4 is 5.82 Å². The molecule has 0 radical (unpaired) electrons. The summed E-state index contributed by atoms with van der Waals surface area (Å²) in [5.74, 6) is 0.912. The summed E-state index contributed by atoms with van der Waals surface area (Å²) in [5, 5.41) is 9.95. The quantitative estimate of drug-likeness (QED) is 0.784.